The molecule has 0 spiro atoms. The highest BCUT2D eigenvalue weighted by Gasteiger charge is 2.36. The van der Waals surface area contributed by atoms with E-state index in [0.29, 0.717) is 5.56 Å². The fraction of sp³-hybridized carbons (Fsp3) is 0.588. The number of nitrogens with zero attached hydrogens (tertiary/aromatic N) is 1. The van der Waals surface area contributed by atoms with Gasteiger partial charge >= 0.3 is 5.97 Å². The number of unbranched alkanes of at least 4 members (excludes halogenated alkanes) is 3. The molecule has 0 amide bonds. The van der Waals surface area contributed by atoms with Crippen molar-refractivity contribution in [2.45, 2.75) is 58.8 Å². The number of carbonyl (C=O) groups excluding carboxylic acids is 1. The Bertz CT molecular complexity index is 479. The summed E-state index contributed by atoms with van der Waals surface area (Å²) in [5.74, 6) is -0.498. The number of esters is 1. The quantitative estimate of drug-likeness (QED) is 0.332. The van der Waals surface area contributed by atoms with Crippen molar-refractivity contribution >= 4 is 11.7 Å². The molecule has 1 rings (SSSR count). The van der Waals surface area contributed by atoms with Crippen molar-refractivity contribution in [1.29, 1.82) is 0 Å². The van der Waals surface area contributed by atoms with Gasteiger partial charge in [0.15, 0.2) is 0 Å². The van der Waals surface area contributed by atoms with Crippen LogP contribution in [0.3, 0.4) is 0 Å². The SMILES string of the molecule is CCCCCC.COC(=O)C(C)(C)c1ccccc1[N+](=O)[O-]. The van der Waals surface area contributed by atoms with Gasteiger partial charge in [-0.25, -0.2) is 0 Å². The van der Waals surface area contributed by atoms with Crippen LogP contribution >= 0.6 is 0 Å². The van der Waals surface area contributed by atoms with Gasteiger partial charge in [-0.15, -0.1) is 0 Å². The van der Waals surface area contributed by atoms with E-state index in [2.05, 4.69) is 18.6 Å². The zero-order valence-corrected chi connectivity index (χ0v) is 14.2. The lowest BCUT2D eigenvalue weighted by molar-refractivity contribution is -0.386. The van der Waals surface area contributed by atoms with Gasteiger partial charge in [0.25, 0.3) is 5.69 Å². The van der Waals surface area contributed by atoms with Crippen LogP contribution in [-0.2, 0) is 14.9 Å². The Labute approximate surface area is 132 Å². The summed E-state index contributed by atoms with van der Waals surface area (Å²) in [5, 5.41) is 10.8. The van der Waals surface area contributed by atoms with E-state index < -0.39 is 16.3 Å². The fourth-order valence-electron chi connectivity index (χ4n) is 2.03. The zero-order valence-electron chi connectivity index (χ0n) is 14.2. The number of benzene rings is 1. The van der Waals surface area contributed by atoms with E-state index in [1.807, 2.05) is 0 Å². The second-order valence-electron chi connectivity index (χ2n) is 5.60. The number of hydrogen-bond acceptors (Lipinski definition) is 4. The first-order valence-corrected chi connectivity index (χ1v) is 7.65. The maximum atomic E-state index is 11.6. The van der Waals surface area contributed by atoms with Gasteiger partial charge in [-0.05, 0) is 13.8 Å². The summed E-state index contributed by atoms with van der Waals surface area (Å²) in [7, 11) is 1.26. The molecule has 0 aliphatic carbocycles. The average molecular weight is 309 g/mol. The minimum Gasteiger partial charge on any atom is -0.468 e. The van der Waals surface area contributed by atoms with Crippen LogP contribution in [0.2, 0.25) is 0 Å². The third-order valence-corrected chi connectivity index (χ3v) is 3.43. The van der Waals surface area contributed by atoms with E-state index in [1.165, 1.54) is 38.9 Å². The maximum Gasteiger partial charge on any atom is 0.315 e. The molecular weight excluding hydrogens is 282 g/mol. The molecule has 0 fully saturated rings. The third kappa shape index (κ3) is 5.84. The van der Waals surface area contributed by atoms with Crippen molar-refractivity contribution in [2.24, 2.45) is 0 Å². The standard InChI is InChI=1S/C11H13NO4.C6H14/c1-11(2,10(13)16-3)8-6-4-5-7-9(8)12(14)15;1-3-5-6-4-2/h4-7H,1-3H3;3-6H2,1-2H3. The monoisotopic (exact) mass is 309 g/mol. The Morgan fingerprint density at radius 2 is 1.68 bits per heavy atom. The lowest BCUT2D eigenvalue weighted by atomic mass is 9.83. The van der Waals surface area contributed by atoms with Gasteiger partial charge in [0.05, 0.1) is 17.4 Å². The van der Waals surface area contributed by atoms with Crippen LogP contribution in [0, 0.1) is 10.1 Å². The van der Waals surface area contributed by atoms with Crippen molar-refractivity contribution < 1.29 is 14.5 Å². The Morgan fingerprint density at radius 3 is 2.09 bits per heavy atom. The molecule has 124 valence electrons. The molecule has 0 aliphatic rings. The van der Waals surface area contributed by atoms with E-state index in [1.54, 1.807) is 32.0 Å². The van der Waals surface area contributed by atoms with Gasteiger partial charge in [0.2, 0.25) is 0 Å². The number of carbonyl (C=O) groups is 1. The highest BCUT2D eigenvalue weighted by atomic mass is 16.6. The van der Waals surface area contributed by atoms with Crippen LogP contribution < -0.4 is 0 Å². The third-order valence-electron chi connectivity index (χ3n) is 3.43. The van der Waals surface area contributed by atoms with Crippen molar-refractivity contribution in [3.8, 4) is 0 Å². The zero-order chi connectivity index (χ0) is 17.2. The van der Waals surface area contributed by atoms with E-state index in [0.717, 1.165) is 0 Å². The molecule has 0 N–H and O–H groups in total. The fourth-order valence-corrected chi connectivity index (χ4v) is 2.03. The van der Waals surface area contributed by atoms with Gasteiger partial charge in [-0.3, -0.25) is 14.9 Å². The minimum absolute atomic E-state index is 0.0714. The van der Waals surface area contributed by atoms with Crippen molar-refractivity contribution in [3.05, 3.63) is 39.9 Å². The lowest BCUT2D eigenvalue weighted by Crippen LogP contribution is -2.30. The number of rotatable bonds is 6. The topological polar surface area (TPSA) is 69.4 Å². The molecule has 0 radical (unpaired) electrons. The first kappa shape index (κ1) is 20.1. The second-order valence-corrected chi connectivity index (χ2v) is 5.60. The molecule has 0 heterocycles. The van der Waals surface area contributed by atoms with Gasteiger partial charge in [0, 0.05) is 11.6 Å². The van der Waals surface area contributed by atoms with E-state index in [4.69, 9.17) is 0 Å². The van der Waals surface area contributed by atoms with Crippen molar-refractivity contribution in [1.82, 2.24) is 0 Å². The van der Waals surface area contributed by atoms with Crippen LogP contribution in [0.1, 0.15) is 58.9 Å². The van der Waals surface area contributed by atoms with E-state index >= 15 is 0 Å². The largest absolute Gasteiger partial charge is 0.468 e. The maximum absolute atomic E-state index is 11.6. The summed E-state index contributed by atoms with van der Waals surface area (Å²) in [5.41, 5.74) is -0.747. The van der Waals surface area contributed by atoms with Crippen LogP contribution in [0.15, 0.2) is 24.3 Å². The summed E-state index contributed by atoms with van der Waals surface area (Å²) in [4.78, 5) is 21.9. The lowest BCUT2D eigenvalue weighted by Gasteiger charge is -2.21. The Morgan fingerprint density at radius 1 is 1.18 bits per heavy atom. The van der Waals surface area contributed by atoms with Gasteiger partial charge in [-0.1, -0.05) is 57.7 Å². The molecule has 0 atom stereocenters. The second kappa shape index (κ2) is 9.92. The Hall–Kier alpha value is -1.91. The van der Waals surface area contributed by atoms with E-state index in [9.17, 15) is 14.9 Å². The predicted molar refractivity (Wildman–Crippen MR) is 88.0 cm³/mol. The molecule has 1 aromatic carbocycles. The summed E-state index contributed by atoms with van der Waals surface area (Å²) >= 11 is 0. The van der Waals surface area contributed by atoms with Crippen molar-refractivity contribution in [3.63, 3.8) is 0 Å². The summed E-state index contributed by atoms with van der Waals surface area (Å²) in [6.07, 6.45) is 5.54. The number of para-hydroxylation sites is 1. The molecule has 0 aliphatic heterocycles. The van der Waals surface area contributed by atoms with Crippen LogP contribution in [0.5, 0.6) is 0 Å². The number of nitro benzene ring substituents is 1. The number of hydrogen-bond donors (Lipinski definition) is 0. The van der Waals surface area contributed by atoms with E-state index in [-0.39, 0.29) is 5.69 Å². The molecular formula is C17H27NO4. The molecule has 5 nitrogen and oxygen atoms in total. The summed E-state index contributed by atoms with van der Waals surface area (Å²) in [6, 6.07) is 6.16. The minimum atomic E-state index is -1.03. The predicted octanol–water partition coefficient (Wildman–Crippen LogP) is 4.63. The normalized spacial score (nSPS) is 10.4. The highest BCUT2D eigenvalue weighted by Crippen LogP contribution is 2.32. The molecule has 0 saturated carbocycles. The van der Waals surface area contributed by atoms with Crippen LogP contribution in [-0.4, -0.2) is 18.0 Å². The smallest absolute Gasteiger partial charge is 0.315 e. The summed E-state index contributed by atoms with van der Waals surface area (Å²) in [6.45, 7) is 7.66. The molecule has 0 aromatic heterocycles. The number of ether oxygens (including phenoxy) is 1. The van der Waals surface area contributed by atoms with Gasteiger partial charge in [-0.2, -0.15) is 0 Å². The summed E-state index contributed by atoms with van der Waals surface area (Å²) < 4.78 is 4.64. The number of methoxy groups -OCH3 is 1. The molecule has 0 bridgehead atoms. The molecule has 1 aromatic rings. The molecule has 22 heavy (non-hydrogen) atoms. The van der Waals surface area contributed by atoms with Gasteiger partial charge in [0.1, 0.15) is 0 Å². The molecule has 5 heteroatoms. The number of nitro groups is 1. The van der Waals surface area contributed by atoms with Gasteiger partial charge < -0.3 is 4.74 Å². The highest BCUT2D eigenvalue weighted by molar-refractivity contribution is 5.83. The van der Waals surface area contributed by atoms with Crippen LogP contribution in [0.25, 0.3) is 0 Å². The first-order valence-electron chi connectivity index (χ1n) is 7.65. The Balaban J connectivity index is 0.000000626. The van der Waals surface area contributed by atoms with Crippen molar-refractivity contribution in [2.75, 3.05) is 7.11 Å². The first-order chi connectivity index (χ1) is 10.3. The van der Waals surface area contributed by atoms with Crippen LogP contribution in [0.4, 0.5) is 5.69 Å². The average Bonchev–Trinajstić information content (AvgIpc) is 2.52. The Kier molecular flexibility index (Phi) is 9.06. The molecule has 0 unspecified atom stereocenters. The molecule has 0 saturated heterocycles.